The molecule has 14 heteroatoms. The van der Waals surface area contributed by atoms with E-state index in [1.807, 2.05) is 24.3 Å². The standard InChI is InChI=1S/C32H24N6O6S2/c33-31-25-7-3-1-5-23(25)27(17-29(31)45(39,40)41)37-35-21-13-9-19(10-14-21)20-11-15-22(16-12-20)36-38-28-18-30(46(42,43)44)32(34)26-8-4-2-6-24(26)28/h1-18H,33-34H2,(H,39,40,41)(H,42,43,44)/b37-35+,38-36+. The molecule has 0 aliphatic heterocycles. The van der Waals surface area contributed by atoms with E-state index in [4.69, 9.17) is 11.5 Å². The molecule has 0 amide bonds. The number of benzene rings is 6. The van der Waals surface area contributed by atoms with Crippen LogP contribution < -0.4 is 11.5 Å². The molecule has 0 unspecified atom stereocenters. The van der Waals surface area contributed by atoms with Gasteiger partial charge in [0.1, 0.15) is 9.79 Å². The molecule has 46 heavy (non-hydrogen) atoms. The molecule has 6 aromatic rings. The lowest BCUT2D eigenvalue weighted by Gasteiger charge is -2.09. The Morgan fingerprint density at radius 1 is 0.457 bits per heavy atom. The third-order valence-corrected chi connectivity index (χ3v) is 9.01. The van der Waals surface area contributed by atoms with Crippen molar-refractivity contribution in [3.05, 3.63) is 109 Å². The van der Waals surface area contributed by atoms with Crippen molar-refractivity contribution >= 4 is 75.9 Å². The van der Waals surface area contributed by atoms with Crippen LogP contribution in [0.1, 0.15) is 0 Å². The Kier molecular flexibility index (Phi) is 7.79. The summed E-state index contributed by atoms with van der Waals surface area (Å²) in [6.07, 6.45) is 0. The lowest BCUT2D eigenvalue weighted by atomic mass is 10.1. The summed E-state index contributed by atoms with van der Waals surface area (Å²) < 4.78 is 66.8. The third kappa shape index (κ3) is 6.05. The highest BCUT2D eigenvalue weighted by atomic mass is 32.2. The van der Waals surface area contributed by atoms with Crippen LogP contribution in [0.25, 0.3) is 32.7 Å². The summed E-state index contributed by atoms with van der Waals surface area (Å²) in [5.41, 5.74) is 15.1. The van der Waals surface area contributed by atoms with Gasteiger partial charge in [-0.05, 0) is 47.5 Å². The highest BCUT2D eigenvalue weighted by molar-refractivity contribution is 7.86. The summed E-state index contributed by atoms with van der Waals surface area (Å²) in [4.78, 5) is -0.883. The van der Waals surface area contributed by atoms with E-state index in [0.29, 0.717) is 32.9 Å². The molecule has 0 fully saturated rings. The van der Waals surface area contributed by atoms with E-state index < -0.39 is 30.0 Å². The normalized spacial score (nSPS) is 12.5. The molecule has 0 aliphatic carbocycles. The van der Waals surface area contributed by atoms with Crippen molar-refractivity contribution in [2.45, 2.75) is 9.79 Å². The van der Waals surface area contributed by atoms with Crippen LogP contribution >= 0.6 is 0 Å². The maximum atomic E-state index is 11.9. The lowest BCUT2D eigenvalue weighted by molar-refractivity contribution is 0.481. The minimum atomic E-state index is -4.58. The van der Waals surface area contributed by atoms with Crippen LogP contribution in [0.3, 0.4) is 0 Å². The highest BCUT2D eigenvalue weighted by Crippen LogP contribution is 2.38. The van der Waals surface area contributed by atoms with Gasteiger partial charge in [0.25, 0.3) is 20.2 Å². The summed E-state index contributed by atoms with van der Waals surface area (Å²) in [7, 11) is -9.16. The van der Waals surface area contributed by atoms with Gasteiger partial charge >= 0.3 is 0 Å². The predicted molar refractivity (Wildman–Crippen MR) is 177 cm³/mol. The van der Waals surface area contributed by atoms with Crippen LogP contribution in [-0.4, -0.2) is 25.9 Å². The Balaban J connectivity index is 1.24. The number of nitrogens with two attached hydrogens (primary N) is 2. The van der Waals surface area contributed by atoms with Gasteiger partial charge < -0.3 is 11.5 Å². The van der Waals surface area contributed by atoms with Crippen molar-refractivity contribution in [2.24, 2.45) is 20.5 Å². The summed E-state index contributed by atoms with van der Waals surface area (Å²) in [5, 5.41) is 19.0. The largest absolute Gasteiger partial charge is 0.397 e. The Morgan fingerprint density at radius 2 is 0.783 bits per heavy atom. The van der Waals surface area contributed by atoms with E-state index >= 15 is 0 Å². The molecule has 6 N–H and O–H groups in total. The van der Waals surface area contributed by atoms with Crippen LogP contribution in [0.2, 0.25) is 0 Å². The Hall–Kier alpha value is -5.54. The average Bonchev–Trinajstić information content (AvgIpc) is 3.04. The van der Waals surface area contributed by atoms with Crippen LogP contribution in [0.15, 0.2) is 139 Å². The van der Waals surface area contributed by atoms with Crippen LogP contribution in [0, 0.1) is 0 Å². The topological polar surface area (TPSA) is 210 Å². The van der Waals surface area contributed by atoms with Gasteiger partial charge in [-0.1, -0.05) is 72.8 Å². The van der Waals surface area contributed by atoms with Crippen molar-refractivity contribution in [2.75, 3.05) is 11.5 Å². The van der Waals surface area contributed by atoms with E-state index in [-0.39, 0.29) is 22.7 Å². The van der Waals surface area contributed by atoms with Gasteiger partial charge in [0.2, 0.25) is 0 Å². The van der Waals surface area contributed by atoms with E-state index in [9.17, 15) is 25.9 Å². The van der Waals surface area contributed by atoms with Gasteiger partial charge in [-0.15, -0.1) is 10.2 Å². The van der Waals surface area contributed by atoms with E-state index in [1.165, 1.54) is 12.1 Å². The molecule has 0 atom stereocenters. The average molecular weight is 653 g/mol. The van der Waals surface area contributed by atoms with E-state index in [2.05, 4.69) is 20.5 Å². The maximum absolute atomic E-state index is 11.9. The second kappa shape index (κ2) is 11.8. The number of rotatable bonds is 7. The molecule has 12 nitrogen and oxygen atoms in total. The van der Waals surface area contributed by atoms with Crippen LogP contribution in [0.4, 0.5) is 34.1 Å². The number of anilines is 2. The molecular formula is C32H24N6O6S2. The van der Waals surface area contributed by atoms with Gasteiger partial charge in [-0.3, -0.25) is 9.11 Å². The minimum absolute atomic E-state index is 0.0704. The summed E-state index contributed by atoms with van der Waals surface area (Å²) >= 11 is 0. The van der Waals surface area contributed by atoms with Crippen molar-refractivity contribution in [3.63, 3.8) is 0 Å². The molecular weight excluding hydrogens is 629 g/mol. The first-order valence-electron chi connectivity index (χ1n) is 13.5. The minimum Gasteiger partial charge on any atom is -0.397 e. The summed E-state index contributed by atoms with van der Waals surface area (Å²) in [6, 6.07) is 30.4. The number of hydrogen-bond donors (Lipinski definition) is 4. The number of nitrogen functional groups attached to an aromatic ring is 2. The SMILES string of the molecule is Nc1c(S(=O)(=O)O)cc(/N=N/c2ccc(-c3ccc(/N=N/c4cc(S(=O)(=O)O)c(N)c5ccccc45)cc3)cc2)c2ccccc12. The monoisotopic (exact) mass is 652 g/mol. The quantitative estimate of drug-likeness (QED) is 0.0749. The van der Waals surface area contributed by atoms with Gasteiger partial charge in [-0.2, -0.15) is 27.1 Å². The third-order valence-electron chi connectivity index (χ3n) is 7.22. The van der Waals surface area contributed by atoms with E-state index in [1.54, 1.807) is 72.8 Å². The van der Waals surface area contributed by atoms with Crippen molar-refractivity contribution in [3.8, 4) is 11.1 Å². The summed E-state index contributed by atoms with van der Waals surface area (Å²) in [6.45, 7) is 0. The zero-order valence-corrected chi connectivity index (χ0v) is 25.3. The molecule has 0 aromatic heterocycles. The molecule has 0 bridgehead atoms. The smallest absolute Gasteiger partial charge is 0.296 e. The summed E-state index contributed by atoms with van der Waals surface area (Å²) in [5.74, 6) is 0. The number of nitrogens with zero attached hydrogens (tertiary/aromatic N) is 4. The molecule has 0 aliphatic rings. The zero-order chi connectivity index (χ0) is 32.6. The maximum Gasteiger partial charge on any atom is 0.296 e. The number of azo groups is 2. The fourth-order valence-electron chi connectivity index (χ4n) is 4.96. The van der Waals surface area contributed by atoms with Gasteiger partial charge in [0.05, 0.1) is 34.1 Å². The van der Waals surface area contributed by atoms with Crippen molar-refractivity contribution < 1.29 is 25.9 Å². The molecule has 0 spiro atoms. The Bertz CT molecular complexity index is 2260. The predicted octanol–water partition coefficient (Wildman–Crippen LogP) is 8.15. The number of fused-ring (bicyclic) bond motifs is 2. The van der Waals surface area contributed by atoms with Gasteiger partial charge in [0.15, 0.2) is 0 Å². The lowest BCUT2D eigenvalue weighted by Crippen LogP contribution is -2.03. The second-order valence-corrected chi connectivity index (χ2v) is 12.9. The van der Waals surface area contributed by atoms with Crippen molar-refractivity contribution in [1.29, 1.82) is 0 Å². The molecule has 0 saturated carbocycles. The van der Waals surface area contributed by atoms with Gasteiger partial charge in [0, 0.05) is 21.5 Å². The fraction of sp³-hybridized carbons (Fsp3) is 0. The number of hydrogen-bond acceptors (Lipinski definition) is 10. The highest BCUT2D eigenvalue weighted by Gasteiger charge is 2.20. The van der Waals surface area contributed by atoms with E-state index in [0.717, 1.165) is 11.1 Å². The first-order chi connectivity index (χ1) is 21.9. The van der Waals surface area contributed by atoms with Crippen LogP contribution in [0.5, 0.6) is 0 Å². The zero-order valence-electron chi connectivity index (χ0n) is 23.7. The fourth-order valence-corrected chi connectivity index (χ4v) is 6.26. The molecule has 6 aromatic carbocycles. The Morgan fingerprint density at radius 3 is 1.11 bits per heavy atom. The molecule has 230 valence electrons. The first-order valence-corrected chi connectivity index (χ1v) is 16.4. The molecule has 0 heterocycles. The first kappa shape index (κ1) is 30.5. The Labute approximate surface area is 263 Å². The van der Waals surface area contributed by atoms with Crippen LogP contribution in [-0.2, 0) is 20.2 Å². The van der Waals surface area contributed by atoms with Crippen molar-refractivity contribution in [1.82, 2.24) is 0 Å². The molecule has 6 rings (SSSR count). The second-order valence-electron chi connectivity index (χ2n) is 10.2. The van der Waals surface area contributed by atoms with Gasteiger partial charge in [-0.25, -0.2) is 0 Å². The molecule has 0 saturated heterocycles. The molecule has 0 radical (unpaired) electrons.